The second-order valence-electron chi connectivity index (χ2n) is 9.01. The average molecular weight is 498 g/mol. The smallest absolute Gasteiger partial charge is 0.257 e. The Hall–Kier alpha value is -3.11. The van der Waals surface area contributed by atoms with Crippen molar-refractivity contribution in [3.63, 3.8) is 0 Å². The molecule has 0 unspecified atom stereocenters. The van der Waals surface area contributed by atoms with Gasteiger partial charge in [0.15, 0.2) is 5.82 Å². The normalized spacial score (nSPS) is 16.9. The Morgan fingerprint density at radius 2 is 1.66 bits per heavy atom. The van der Waals surface area contributed by atoms with Gasteiger partial charge in [0, 0.05) is 31.6 Å². The molecule has 1 N–H and O–H groups in total. The first kappa shape index (κ1) is 23.6. The molecule has 0 saturated carbocycles. The van der Waals surface area contributed by atoms with Crippen molar-refractivity contribution < 1.29 is 17.6 Å². The Kier molecular flexibility index (Phi) is 6.66. The molecule has 35 heavy (non-hydrogen) atoms. The van der Waals surface area contributed by atoms with Gasteiger partial charge in [-0.15, -0.1) is 10.2 Å². The Balaban J connectivity index is 1.44. The highest BCUT2D eigenvalue weighted by Gasteiger charge is 2.30. The van der Waals surface area contributed by atoms with Gasteiger partial charge in [-0.1, -0.05) is 25.0 Å². The molecule has 1 fully saturated rings. The summed E-state index contributed by atoms with van der Waals surface area (Å²) in [6.07, 6.45) is 6.61. The van der Waals surface area contributed by atoms with Gasteiger partial charge in [-0.2, -0.15) is 4.31 Å². The number of aromatic nitrogens is 3. The van der Waals surface area contributed by atoms with Crippen molar-refractivity contribution in [2.45, 2.75) is 56.4 Å². The Bertz CT molecular complexity index is 1350. The minimum Gasteiger partial charge on any atom is -0.319 e. The van der Waals surface area contributed by atoms with E-state index in [1.165, 1.54) is 28.6 Å². The molecule has 2 aliphatic heterocycles. The minimum absolute atomic E-state index is 0.0146. The minimum atomic E-state index is -3.84. The number of sulfonamides is 1. The number of halogens is 1. The first-order chi connectivity index (χ1) is 16.9. The summed E-state index contributed by atoms with van der Waals surface area (Å²) >= 11 is 0. The van der Waals surface area contributed by atoms with Crippen LogP contribution >= 0.6 is 0 Å². The number of rotatable bonds is 5. The zero-order valence-electron chi connectivity index (χ0n) is 19.4. The number of carbonyl (C=O) groups excluding carboxylic acids is 1. The van der Waals surface area contributed by atoms with E-state index in [1.54, 1.807) is 18.2 Å². The molecular weight excluding hydrogens is 469 g/mol. The van der Waals surface area contributed by atoms with Crippen LogP contribution in [0.5, 0.6) is 0 Å². The Labute approximate surface area is 204 Å². The summed E-state index contributed by atoms with van der Waals surface area (Å²) in [5.74, 6) is 0.237. The lowest BCUT2D eigenvalue weighted by molar-refractivity contribution is 0.102. The molecule has 2 aromatic carbocycles. The molecule has 3 heterocycles. The quantitative estimate of drug-likeness (QED) is 0.569. The summed E-state index contributed by atoms with van der Waals surface area (Å²) < 4.78 is 44.7. The van der Waals surface area contributed by atoms with E-state index in [2.05, 4.69) is 15.5 Å². The molecule has 0 atom stereocenters. The van der Waals surface area contributed by atoms with Crippen molar-refractivity contribution in [1.82, 2.24) is 19.1 Å². The maximum absolute atomic E-state index is 14.7. The van der Waals surface area contributed by atoms with Crippen LogP contribution in [0.25, 0.3) is 11.4 Å². The molecule has 3 aromatic rings. The van der Waals surface area contributed by atoms with Gasteiger partial charge in [-0.3, -0.25) is 4.79 Å². The van der Waals surface area contributed by atoms with Crippen LogP contribution in [0, 0.1) is 5.82 Å². The van der Waals surface area contributed by atoms with Gasteiger partial charge < -0.3 is 9.88 Å². The van der Waals surface area contributed by atoms with Crippen molar-refractivity contribution in [2.75, 3.05) is 18.4 Å². The van der Waals surface area contributed by atoms with E-state index < -0.39 is 21.7 Å². The molecule has 184 valence electrons. The third kappa shape index (κ3) is 4.72. The van der Waals surface area contributed by atoms with Crippen LogP contribution in [-0.2, 0) is 23.0 Å². The fourth-order valence-corrected chi connectivity index (χ4v) is 6.48. The predicted molar refractivity (Wildman–Crippen MR) is 130 cm³/mol. The van der Waals surface area contributed by atoms with Crippen LogP contribution in [0.3, 0.4) is 0 Å². The Morgan fingerprint density at radius 3 is 2.49 bits per heavy atom. The van der Waals surface area contributed by atoms with Crippen LogP contribution in [0.4, 0.5) is 10.1 Å². The second kappa shape index (κ2) is 9.87. The highest BCUT2D eigenvalue weighted by atomic mass is 32.2. The molecule has 5 rings (SSSR count). The fourth-order valence-electron chi connectivity index (χ4n) is 4.77. The lowest BCUT2D eigenvalue weighted by atomic mass is 10.1. The van der Waals surface area contributed by atoms with Crippen LogP contribution < -0.4 is 5.32 Å². The molecule has 1 aromatic heterocycles. The third-order valence-electron chi connectivity index (χ3n) is 6.65. The number of carbonyl (C=O) groups is 1. The highest BCUT2D eigenvalue weighted by Crippen LogP contribution is 2.28. The maximum atomic E-state index is 14.7. The van der Waals surface area contributed by atoms with E-state index in [9.17, 15) is 17.6 Å². The number of nitrogens with zero attached hydrogens (tertiary/aromatic N) is 4. The van der Waals surface area contributed by atoms with Gasteiger partial charge in [0.25, 0.3) is 5.91 Å². The monoisotopic (exact) mass is 497 g/mol. The zero-order chi connectivity index (χ0) is 24.4. The predicted octanol–water partition coefficient (Wildman–Crippen LogP) is 4.24. The number of fused-ring (bicyclic) bond motifs is 1. The molecule has 1 amide bonds. The van der Waals surface area contributed by atoms with Crippen molar-refractivity contribution >= 4 is 21.6 Å². The first-order valence-corrected chi connectivity index (χ1v) is 13.5. The van der Waals surface area contributed by atoms with E-state index >= 15 is 0 Å². The summed E-state index contributed by atoms with van der Waals surface area (Å²) in [7, 11) is -3.84. The van der Waals surface area contributed by atoms with Crippen LogP contribution in [0.2, 0.25) is 0 Å². The number of benzene rings is 2. The molecule has 0 bridgehead atoms. The number of piperidine rings is 1. The van der Waals surface area contributed by atoms with Crippen LogP contribution in [0.1, 0.15) is 54.7 Å². The van der Waals surface area contributed by atoms with Crippen LogP contribution in [0.15, 0.2) is 47.4 Å². The molecule has 1 saturated heterocycles. The zero-order valence-corrected chi connectivity index (χ0v) is 20.2. The summed E-state index contributed by atoms with van der Waals surface area (Å²) in [6.45, 7) is 1.65. The fraction of sp³-hybridized carbons (Fsp3) is 0.400. The number of hydrogen-bond donors (Lipinski definition) is 1. The molecule has 0 aliphatic carbocycles. The molecule has 8 nitrogen and oxygen atoms in total. The standard InChI is InChI=1S/C25H28FN5O3S/c26-20-13-12-18(24-29-28-23-11-3-1-8-16-31(23)24)17-21(20)27-25(32)19-9-4-5-10-22(19)35(33,34)30-14-6-2-7-15-30/h4-5,9-10,12-13,17H,1-3,6-8,11,14-16H2,(H,27,32). The van der Waals surface area contributed by atoms with Crippen molar-refractivity contribution in [3.05, 3.63) is 59.7 Å². The van der Waals surface area contributed by atoms with Gasteiger partial charge in [-0.05, 0) is 56.0 Å². The summed E-state index contributed by atoms with van der Waals surface area (Å²) in [6, 6.07) is 10.5. The number of amides is 1. The molecule has 10 heteroatoms. The molecule has 0 radical (unpaired) electrons. The topological polar surface area (TPSA) is 97.2 Å². The lowest BCUT2D eigenvalue weighted by Gasteiger charge is -2.26. The maximum Gasteiger partial charge on any atom is 0.257 e. The summed E-state index contributed by atoms with van der Waals surface area (Å²) in [4.78, 5) is 13.1. The number of aryl methyl sites for hydroxylation is 1. The van der Waals surface area contributed by atoms with E-state index in [0.29, 0.717) is 24.5 Å². The van der Waals surface area contributed by atoms with E-state index in [0.717, 1.165) is 57.3 Å². The first-order valence-electron chi connectivity index (χ1n) is 12.1. The summed E-state index contributed by atoms with van der Waals surface area (Å²) in [5, 5.41) is 11.2. The number of hydrogen-bond acceptors (Lipinski definition) is 5. The Morgan fingerprint density at radius 1 is 0.914 bits per heavy atom. The third-order valence-corrected chi connectivity index (χ3v) is 8.60. The van der Waals surface area contributed by atoms with E-state index in [1.807, 2.05) is 4.57 Å². The average Bonchev–Trinajstić information content (AvgIpc) is 3.13. The number of anilines is 1. The lowest BCUT2D eigenvalue weighted by Crippen LogP contribution is -2.36. The SMILES string of the molecule is O=C(Nc1cc(-c2nnc3n2CCCCC3)ccc1F)c1ccccc1S(=O)(=O)N1CCCCC1. The highest BCUT2D eigenvalue weighted by molar-refractivity contribution is 7.89. The van der Waals surface area contributed by atoms with Crippen molar-refractivity contribution in [3.8, 4) is 11.4 Å². The van der Waals surface area contributed by atoms with Crippen molar-refractivity contribution in [2.24, 2.45) is 0 Å². The van der Waals surface area contributed by atoms with E-state index in [4.69, 9.17) is 0 Å². The van der Waals surface area contributed by atoms with Gasteiger partial charge in [0.05, 0.1) is 16.1 Å². The van der Waals surface area contributed by atoms with Crippen LogP contribution in [-0.4, -0.2) is 46.5 Å². The van der Waals surface area contributed by atoms with Gasteiger partial charge in [0.2, 0.25) is 10.0 Å². The van der Waals surface area contributed by atoms with Gasteiger partial charge >= 0.3 is 0 Å². The molecule has 2 aliphatic rings. The second-order valence-corrected chi connectivity index (χ2v) is 10.9. The summed E-state index contributed by atoms with van der Waals surface area (Å²) in [5.41, 5.74) is 0.583. The van der Waals surface area contributed by atoms with E-state index in [-0.39, 0.29) is 16.1 Å². The van der Waals surface area contributed by atoms with Crippen molar-refractivity contribution in [1.29, 1.82) is 0 Å². The van der Waals surface area contributed by atoms with Gasteiger partial charge in [0.1, 0.15) is 11.6 Å². The largest absolute Gasteiger partial charge is 0.319 e. The number of nitrogens with one attached hydrogen (secondary N) is 1. The molecular formula is C25H28FN5O3S. The molecule has 0 spiro atoms. The van der Waals surface area contributed by atoms with Gasteiger partial charge in [-0.25, -0.2) is 12.8 Å².